The molecule has 2 heterocycles. The fourth-order valence-electron chi connectivity index (χ4n) is 5.09. The lowest BCUT2D eigenvalue weighted by Crippen LogP contribution is -2.38. The number of esters is 1. The Hall–Kier alpha value is -3.68. The molecule has 1 aliphatic carbocycles. The molecule has 0 N–H and O–H groups in total. The van der Waals surface area contributed by atoms with Gasteiger partial charge in [-0.05, 0) is 71.7 Å². The average molecular weight is 525 g/mol. The van der Waals surface area contributed by atoms with E-state index in [1.54, 1.807) is 23.9 Å². The molecule has 1 atom stereocenters. The zero-order valence-electron chi connectivity index (χ0n) is 20.4. The van der Waals surface area contributed by atoms with Gasteiger partial charge in [-0.3, -0.25) is 9.36 Å². The van der Waals surface area contributed by atoms with E-state index < -0.39 is 0 Å². The second-order valence-electron chi connectivity index (χ2n) is 9.00. The van der Waals surface area contributed by atoms with E-state index in [9.17, 15) is 9.59 Å². The van der Waals surface area contributed by atoms with Crippen molar-refractivity contribution in [2.45, 2.75) is 23.8 Å². The number of methoxy groups -OCH3 is 1. The summed E-state index contributed by atoms with van der Waals surface area (Å²) < 4.78 is 7.35. The van der Waals surface area contributed by atoms with Gasteiger partial charge in [0.15, 0.2) is 4.80 Å². The molecule has 0 fully saturated rings. The van der Waals surface area contributed by atoms with Crippen molar-refractivity contribution in [3.63, 3.8) is 0 Å². The fourth-order valence-corrected chi connectivity index (χ4v) is 6.50. The molecule has 0 spiro atoms. The minimum absolute atomic E-state index is 0.0508. The topological polar surface area (TPSA) is 60.7 Å². The van der Waals surface area contributed by atoms with Crippen molar-refractivity contribution in [3.05, 3.63) is 126 Å². The van der Waals surface area contributed by atoms with Gasteiger partial charge in [0, 0.05) is 10.5 Å². The fraction of sp³-hybridized carbons (Fsp3) is 0.167. The molecule has 3 aromatic carbocycles. The highest BCUT2D eigenvalue weighted by Crippen LogP contribution is 2.41. The standard InChI is InChI=1S/C30H24N2O3S2/c1-35-29(34)21-11-9-20(10-12-21)27-24-16-13-19-5-3-4-6-23(19)26(24)31-30-32(27)28(33)25(37-30)17-18-7-14-22(36-2)15-8-18/h3-12,14-15,17,27H,13,16H2,1-2H3. The lowest BCUT2D eigenvalue weighted by atomic mass is 9.83. The van der Waals surface area contributed by atoms with Crippen LogP contribution in [0.15, 0.2) is 93.1 Å². The number of thioether (sulfide) groups is 1. The molecule has 2 aliphatic rings. The van der Waals surface area contributed by atoms with Crippen LogP contribution >= 0.6 is 23.1 Å². The third-order valence-electron chi connectivity index (χ3n) is 6.93. The SMILES string of the molecule is COC(=O)c1ccc(C2C3=C(N=c4sc(=Cc5ccc(SC)cc5)c(=O)n42)c2ccccc2CC3)cc1. The summed E-state index contributed by atoms with van der Waals surface area (Å²) in [6, 6.07) is 23.7. The van der Waals surface area contributed by atoms with E-state index in [0.29, 0.717) is 14.9 Å². The smallest absolute Gasteiger partial charge is 0.337 e. The normalized spacial score (nSPS) is 16.5. The molecule has 0 amide bonds. The van der Waals surface area contributed by atoms with Crippen LogP contribution in [0.3, 0.4) is 0 Å². The van der Waals surface area contributed by atoms with Crippen LogP contribution in [0.4, 0.5) is 0 Å². The third kappa shape index (κ3) is 4.18. The first-order valence-corrected chi connectivity index (χ1v) is 14.1. The molecule has 1 aromatic heterocycles. The highest BCUT2D eigenvalue weighted by atomic mass is 32.2. The van der Waals surface area contributed by atoms with Gasteiger partial charge in [-0.2, -0.15) is 0 Å². The molecule has 7 heteroatoms. The van der Waals surface area contributed by atoms with E-state index >= 15 is 0 Å². The molecule has 6 rings (SSSR count). The predicted molar refractivity (Wildman–Crippen MR) is 149 cm³/mol. The number of fused-ring (bicyclic) bond motifs is 3. The minimum Gasteiger partial charge on any atom is -0.465 e. The molecule has 37 heavy (non-hydrogen) atoms. The van der Waals surface area contributed by atoms with E-state index in [1.807, 2.05) is 47.2 Å². The number of rotatable bonds is 4. The highest BCUT2D eigenvalue weighted by molar-refractivity contribution is 7.98. The summed E-state index contributed by atoms with van der Waals surface area (Å²) in [5.74, 6) is -0.380. The third-order valence-corrected chi connectivity index (χ3v) is 8.66. The number of hydrogen-bond acceptors (Lipinski definition) is 6. The van der Waals surface area contributed by atoms with Crippen molar-refractivity contribution < 1.29 is 9.53 Å². The Kier molecular flexibility index (Phi) is 6.18. The molecular weight excluding hydrogens is 500 g/mol. The summed E-state index contributed by atoms with van der Waals surface area (Å²) in [7, 11) is 1.37. The maximum atomic E-state index is 13.8. The van der Waals surface area contributed by atoms with Gasteiger partial charge in [-0.25, -0.2) is 9.79 Å². The van der Waals surface area contributed by atoms with Crippen LogP contribution in [0, 0.1) is 0 Å². The van der Waals surface area contributed by atoms with Crippen molar-refractivity contribution in [2.24, 2.45) is 4.99 Å². The van der Waals surface area contributed by atoms with Gasteiger partial charge in [0.2, 0.25) is 0 Å². The molecule has 0 radical (unpaired) electrons. The quantitative estimate of drug-likeness (QED) is 0.284. The monoisotopic (exact) mass is 524 g/mol. The van der Waals surface area contributed by atoms with E-state index in [1.165, 1.54) is 28.9 Å². The summed E-state index contributed by atoms with van der Waals surface area (Å²) in [6.07, 6.45) is 5.71. The summed E-state index contributed by atoms with van der Waals surface area (Å²) >= 11 is 3.11. The Labute approximate surface area is 222 Å². The predicted octanol–water partition coefficient (Wildman–Crippen LogP) is 4.83. The van der Waals surface area contributed by atoms with E-state index in [4.69, 9.17) is 9.73 Å². The largest absolute Gasteiger partial charge is 0.465 e. The van der Waals surface area contributed by atoms with Crippen molar-refractivity contribution in [2.75, 3.05) is 13.4 Å². The number of benzene rings is 3. The van der Waals surface area contributed by atoms with Crippen LogP contribution < -0.4 is 14.9 Å². The Bertz CT molecular complexity index is 1730. The molecular formula is C30H24N2O3S2. The van der Waals surface area contributed by atoms with Crippen LogP contribution in [0.5, 0.6) is 0 Å². The number of nitrogens with zero attached hydrogens (tertiary/aromatic N) is 2. The van der Waals surface area contributed by atoms with Gasteiger partial charge in [-0.15, -0.1) is 11.8 Å². The number of allylic oxidation sites excluding steroid dienone is 1. The summed E-state index contributed by atoms with van der Waals surface area (Å²) in [5, 5.41) is 0. The number of carbonyl (C=O) groups is 1. The van der Waals surface area contributed by atoms with E-state index in [2.05, 4.69) is 30.3 Å². The second kappa shape index (κ2) is 9.65. The Morgan fingerprint density at radius 3 is 2.54 bits per heavy atom. The van der Waals surface area contributed by atoms with Crippen LogP contribution in [0.1, 0.15) is 45.1 Å². The lowest BCUT2D eigenvalue weighted by Gasteiger charge is -2.30. The zero-order chi connectivity index (χ0) is 25.5. The molecule has 5 nitrogen and oxygen atoms in total. The van der Waals surface area contributed by atoms with Gasteiger partial charge in [-0.1, -0.05) is 59.9 Å². The molecule has 1 aliphatic heterocycles. The molecule has 0 bridgehead atoms. The molecule has 4 aromatic rings. The number of thiazole rings is 1. The second-order valence-corrected chi connectivity index (χ2v) is 10.9. The summed E-state index contributed by atoms with van der Waals surface area (Å²) in [4.78, 5) is 32.8. The number of carbonyl (C=O) groups excluding carboxylic acids is 1. The number of hydrogen-bond donors (Lipinski definition) is 0. The maximum absolute atomic E-state index is 13.8. The first-order chi connectivity index (χ1) is 18.1. The Morgan fingerprint density at radius 2 is 1.81 bits per heavy atom. The molecule has 184 valence electrons. The van der Waals surface area contributed by atoms with Gasteiger partial charge in [0.1, 0.15) is 0 Å². The van der Waals surface area contributed by atoms with Crippen molar-refractivity contribution in [1.82, 2.24) is 4.57 Å². The van der Waals surface area contributed by atoms with Crippen LogP contribution in [0.2, 0.25) is 0 Å². The summed E-state index contributed by atoms with van der Waals surface area (Å²) in [6.45, 7) is 0. The van der Waals surface area contributed by atoms with Gasteiger partial charge in [0.05, 0.1) is 28.9 Å². The molecule has 1 unspecified atom stereocenters. The minimum atomic E-state index is -0.380. The van der Waals surface area contributed by atoms with Gasteiger partial charge >= 0.3 is 5.97 Å². The molecule has 0 saturated carbocycles. The van der Waals surface area contributed by atoms with Crippen LogP contribution in [0.25, 0.3) is 11.8 Å². The number of ether oxygens (including phenoxy) is 1. The van der Waals surface area contributed by atoms with Crippen molar-refractivity contribution in [1.29, 1.82) is 0 Å². The highest BCUT2D eigenvalue weighted by Gasteiger charge is 2.32. The van der Waals surface area contributed by atoms with Gasteiger partial charge in [0.25, 0.3) is 5.56 Å². The van der Waals surface area contributed by atoms with Crippen molar-refractivity contribution in [3.8, 4) is 0 Å². The van der Waals surface area contributed by atoms with Crippen LogP contribution in [-0.2, 0) is 11.2 Å². The molecule has 0 saturated heterocycles. The lowest BCUT2D eigenvalue weighted by molar-refractivity contribution is 0.0600. The average Bonchev–Trinajstić information content (AvgIpc) is 3.26. The summed E-state index contributed by atoms with van der Waals surface area (Å²) in [5.41, 5.74) is 6.86. The Morgan fingerprint density at radius 1 is 1.05 bits per heavy atom. The van der Waals surface area contributed by atoms with E-state index in [-0.39, 0.29) is 17.6 Å². The number of aromatic nitrogens is 1. The van der Waals surface area contributed by atoms with Gasteiger partial charge < -0.3 is 4.74 Å². The number of aryl methyl sites for hydroxylation is 1. The van der Waals surface area contributed by atoms with E-state index in [0.717, 1.165) is 40.8 Å². The Balaban J connectivity index is 1.56. The van der Waals surface area contributed by atoms with Crippen molar-refractivity contribution >= 4 is 40.8 Å². The zero-order valence-corrected chi connectivity index (χ0v) is 22.1. The van der Waals surface area contributed by atoms with Crippen LogP contribution in [-0.4, -0.2) is 23.9 Å². The first kappa shape index (κ1) is 23.7. The first-order valence-electron chi connectivity index (χ1n) is 12.0. The maximum Gasteiger partial charge on any atom is 0.337 e.